The lowest BCUT2D eigenvalue weighted by Crippen LogP contribution is -2.52. The normalized spacial score (nSPS) is 26.1. The largest absolute Gasteiger partial charge is 0.391 e. The van der Waals surface area contributed by atoms with E-state index in [4.69, 9.17) is 4.74 Å². The maximum Gasteiger partial charge on any atom is 0.317 e. The molecular formula is C14H28N2O3. The van der Waals surface area contributed by atoms with Crippen LogP contribution in [-0.2, 0) is 4.74 Å². The molecule has 0 spiro atoms. The molecule has 0 bridgehead atoms. The minimum Gasteiger partial charge on any atom is -0.391 e. The maximum absolute atomic E-state index is 12.1. The van der Waals surface area contributed by atoms with Crippen molar-refractivity contribution < 1.29 is 14.6 Å². The number of methoxy groups -OCH3 is 1. The highest BCUT2D eigenvalue weighted by Crippen LogP contribution is 2.18. The summed E-state index contributed by atoms with van der Waals surface area (Å²) in [5.74, 6) is 0.272. The lowest BCUT2D eigenvalue weighted by atomic mass is 9.96. The first-order chi connectivity index (χ1) is 8.75. The number of carbonyl (C=O) groups is 1. The van der Waals surface area contributed by atoms with Crippen molar-refractivity contribution in [3.8, 4) is 0 Å². The Kier molecular flexibility index (Phi) is 5.62. The molecule has 0 aromatic carbocycles. The Morgan fingerprint density at radius 1 is 1.58 bits per heavy atom. The SMILES string of the molecule is COC(C)(C)CC(C)NC(=O)N1CCC(C)C(O)C1. The van der Waals surface area contributed by atoms with Gasteiger partial charge in [-0.2, -0.15) is 0 Å². The van der Waals surface area contributed by atoms with Crippen LogP contribution in [0.25, 0.3) is 0 Å². The lowest BCUT2D eigenvalue weighted by molar-refractivity contribution is 0.00804. The van der Waals surface area contributed by atoms with Gasteiger partial charge in [0.1, 0.15) is 0 Å². The standard InChI is InChI=1S/C14H28N2O3/c1-10-6-7-16(9-12(10)17)13(18)15-11(2)8-14(3,4)19-5/h10-12,17H,6-9H2,1-5H3,(H,15,18). The van der Waals surface area contributed by atoms with Gasteiger partial charge in [-0.15, -0.1) is 0 Å². The number of likely N-dealkylation sites (tertiary alicyclic amines) is 1. The van der Waals surface area contributed by atoms with E-state index in [1.54, 1.807) is 12.0 Å². The summed E-state index contributed by atoms with van der Waals surface area (Å²) in [6.07, 6.45) is 1.19. The van der Waals surface area contributed by atoms with Crippen LogP contribution in [0.5, 0.6) is 0 Å². The number of piperidine rings is 1. The summed E-state index contributed by atoms with van der Waals surface area (Å²) in [6, 6.07) is -0.0516. The molecule has 1 heterocycles. The number of β-amino-alcohol motifs (C(OH)–C–C–N with tert-alkyl or cyclic N) is 1. The van der Waals surface area contributed by atoms with E-state index in [0.717, 1.165) is 12.8 Å². The van der Waals surface area contributed by atoms with Gasteiger partial charge in [-0.3, -0.25) is 0 Å². The van der Waals surface area contributed by atoms with Crippen LogP contribution in [0, 0.1) is 5.92 Å². The Morgan fingerprint density at radius 2 is 2.21 bits per heavy atom. The third-order valence-corrected chi connectivity index (χ3v) is 3.93. The fourth-order valence-corrected chi connectivity index (χ4v) is 2.41. The predicted octanol–water partition coefficient (Wildman–Crippen LogP) is 1.60. The van der Waals surface area contributed by atoms with Gasteiger partial charge in [-0.1, -0.05) is 6.92 Å². The molecule has 0 aromatic heterocycles. The van der Waals surface area contributed by atoms with Crippen molar-refractivity contribution in [2.75, 3.05) is 20.2 Å². The highest BCUT2D eigenvalue weighted by atomic mass is 16.5. The maximum atomic E-state index is 12.1. The summed E-state index contributed by atoms with van der Waals surface area (Å²) < 4.78 is 5.36. The molecule has 19 heavy (non-hydrogen) atoms. The van der Waals surface area contributed by atoms with Gasteiger partial charge in [-0.05, 0) is 39.5 Å². The minimum atomic E-state index is -0.412. The Hall–Kier alpha value is -0.810. The summed E-state index contributed by atoms with van der Waals surface area (Å²) in [5, 5.41) is 12.8. The number of amides is 2. The number of hydrogen-bond donors (Lipinski definition) is 2. The molecule has 0 aliphatic carbocycles. The second kappa shape index (κ2) is 6.57. The lowest BCUT2D eigenvalue weighted by Gasteiger charge is -2.35. The van der Waals surface area contributed by atoms with Gasteiger partial charge >= 0.3 is 6.03 Å². The summed E-state index contributed by atoms with van der Waals surface area (Å²) in [6.45, 7) is 9.13. The number of urea groups is 1. The van der Waals surface area contributed by atoms with Crippen molar-refractivity contribution in [2.24, 2.45) is 5.92 Å². The van der Waals surface area contributed by atoms with Gasteiger partial charge in [0.25, 0.3) is 0 Å². The number of aliphatic hydroxyl groups is 1. The van der Waals surface area contributed by atoms with E-state index in [-0.39, 0.29) is 23.6 Å². The Balaban J connectivity index is 2.42. The first-order valence-corrected chi connectivity index (χ1v) is 7.04. The second-order valence-corrected chi connectivity index (χ2v) is 6.30. The average Bonchev–Trinajstić information content (AvgIpc) is 2.31. The monoisotopic (exact) mass is 272 g/mol. The second-order valence-electron chi connectivity index (χ2n) is 6.30. The van der Waals surface area contributed by atoms with Gasteiger partial charge in [0.15, 0.2) is 0 Å². The molecule has 3 unspecified atom stereocenters. The molecule has 2 N–H and O–H groups in total. The number of aliphatic hydroxyl groups excluding tert-OH is 1. The first kappa shape index (κ1) is 16.2. The van der Waals surface area contributed by atoms with E-state index in [9.17, 15) is 9.90 Å². The fraction of sp³-hybridized carbons (Fsp3) is 0.929. The summed E-state index contributed by atoms with van der Waals surface area (Å²) in [5.41, 5.74) is -0.247. The Labute approximate surface area is 116 Å². The van der Waals surface area contributed by atoms with E-state index < -0.39 is 6.10 Å². The van der Waals surface area contributed by atoms with Crippen molar-refractivity contribution in [1.29, 1.82) is 0 Å². The Bertz CT molecular complexity index is 307. The molecule has 1 saturated heterocycles. The fourth-order valence-electron chi connectivity index (χ4n) is 2.41. The molecule has 2 amide bonds. The van der Waals surface area contributed by atoms with Gasteiger partial charge < -0.3 is 20.1 Å². The number of nitrogens with zero attached hydrogens (tertiary/aromatic N) is 1. The zero-order valence-corrected chi connectivity index (χ0v) is 12.8. The van der Waals surface area contributed by atoms with E-state index in [2.05, 4.69) is 5.32 Å². The van der Waals surface area contributed by atoms with E-state index in [1.807, 2.05) is 27.7 Å². The molecule has 1 aliphatic rings. The van der Waals surface area contributed by atoms with Crippen molar-refractivity contribution >= 4 is 6.03 Å². The molecule has 1 aliphatic heterocycles. The predicted molar refractivity (Wildman–Crippen MR) is 75.1 cm³/mol. The van der Waals surface area contributed by atoms with Crippen LogP contribution in [0.4, 0.5) is 4.79 Å². The van der Waals surface area contributed by atoms with Crippen LogP contribution in [0.3, 0.4) is 0 Å². The number of rotatable bonds is 4. The molecule has 5 nitrogen and oxygen atoms in total. The molecule has 0 saturated carbocycles. The van der Waals surface area contributed by atoms with Gasteiger partial charge in [-0.25, -0.2) is 4.79 Å². The molecule has 5 heteroatoms. The molecule has 112 valence electrons. The topological polar surface area (TPSA) is 61.8 Å². The molecule has 0 aromatic rings. The van der Waals surface area contributed by atoms with Crippen molar-refractivity contribution in [2.45, 2.75) is 58.3 Å². The molecule has 1 rings (SSSR count). The molecular weight excluding hydrogens is 244 g/mol. The number of nitrogens with one attached hydrogen (secondary N) is 1. The molecule has 3 atom stereocenters. The number of carbonyl (C=O) groups excluding carboxylic acids is 1. The van der Waals surface area contributed by atoms with Crippen molar-refractivity contribution in [1.82, 2.24) is 10.2 Å². The molecule has 1 fully saturated rings. The van der Waals surface area contributed by atoms with Crippen LogP contribution in [0.15, 0.2) is 0 Å². The van der Waals surface area contributed by atoms with Gasteiger partial charge in [0.05, 0.1) is 11.7 Å². The summed E-state index contributed by atoms with van der Waals surface area (Å²) in [7, 11) is 1.68. The van der Waals surface area contributed by atoms with Crippen LogP contribution in [-0.4, -0.2) is 54.0 Å². The first-order valence-electron chi connectivity index (χ1n) is 7.04. The van der Waals surface area contributed by atoms with Crippen molar-refractivity contribution in [3.63, 3.8) is 0 Å². The summed E-state index contributed by atoms with van der Waals surface area (Å²) in [4.78, 5) is 13.8. The highest BCUT2D eigenvalue weighted by molar-refractivity contribution is 5.74. The van der Waals surface area contributed by atoms with Crippen LogP contribution in [0.2, 0.25) is 0 Å². The van der Waals surface area contributed by atoms with Crippen LogP contribution in [0.1, 0.15) is 40.5 Å². The summed E-state index contributed by atoms with van der Waals surface area (Å²) >= 11 is 0. The number of hydrogen-bond acceptors (Lipinski definition) is 3. The third-order valence-electron chi connectivity index (χ3n) is 3.93. The minimum absolute atomic E-state index is 0.0407. The zero-order valence-electron chi connectivity index (χ0n) is 12.8. The van der Waals surface area contributed by atoms with Crippen LogP contribution >= 0.6 is 0 Å². The Morgan fingerprint density at radius 3 is 2.74 bits per heavy atom. The quantitative estimate of drug-likeness (QED) is 0.817. The highest BCUT2D eigenvalue weighted by Gasteiger charge is 2.28. The third kappa shape index (κ3) is 4.99. The zero-order chi connectivity index (χ0) is 14.6. The number of ether oxygens (including phenoxy) is 1. The smallest absolute Gasteiger partial charge is 0.317 e. The van der Waals surface area contributed by atoms with E-state index >= 15 is 0 Å². The molecule has 0 radical (unpaired) electrons. The van der Waals surface area contributed by atoms with E-state index in [1.165, 1.54) is 0 Å². The van der Waals surface area contributed by atoms with Gasteiger partial charge in [0.2, 0.25) is 0 Å². The van der Waals surface area contributed by atoms with Crippen molar-refractivity contribution in [3.05, 3.63) is 0 Å². The average molecular weight is 272 g/mol. The van der Waals surface area contributed by atoms with Gasteiger partial charge in [0, 0.05) is 26.2 Å². The van der Waals surface area contributed by atoms with E-state index in [0.29, 0.717) is 13.1 Å². The van der Waals surface area contributed by atoms with Crippen LogP contribution < -0.4 is 5.32 Å².